The Morgan fingerprint density at radius 3 is 2.09 bits per heavy atom. The molecule has 1 saturated heterocycles. The summed E-state index contributed by atoms with van der Waals surface area (Å²) in [6.07, 6.45) is 4.06. The minimum absolute atomic E-state index is 0.138. The summed E-state index contributed by atoms with van der Waals surface area (Å²) in [5.41, 5.74) is 2.44. The van der Waals surface area contributed by atoms with Gasteiger partial charge in [-0.15, -0.1) is 0 Å². The summed E-state index contributed by atoms with van der Waals surface area (Å²) in [6.45, 7) is 3.09. The zero-order valence-electron chi connectivity index (χ0n) is 13.8. The molecule has 1 unspecified atom stereocenters. The first-order valence-electron chi connectivity index (χ1n) is 8.65. The van der Waals surface area contributed by atoms with E-state index < -0.39 is 0 Å². The van der Waals surface area contributed by atoms with Crippen LogP contribution in [0.1, 0.15) is 49.7 Å². The predicted octanol–water partition coefficient (Wildman–Crippen LogP) is 4.61. The number of likely N-dealkylation sites (tertiary alicyclic amines) is 1. The number of amides is 1. The van der Waals surface area contributed by atoms with Crippen molar-refractivity contribution >= 4 is 5.91 Å². The van der Waals surface area contributed by atoms with Gasteiger partial charge in [-0.1, -0.05) is 60.7 Å². The minimum atomic E-state index is 0.138. The summed E-state index contributed by atoms with van der Waals surface area (Å²) in [4.78, 5) is 15.0. The van der Waals surface area contributed by atoms with Gasteiger partial charge in [-0.3, -0.25) is 4.79 Å². The Morgan fingerprint density at radius 1 is 1.00 bits per heavy atom. The van der Waals surface area contributed by atoms with Crippen molar-refractivity contribution in [2.45, 2.75) is 44.6 Å². The van der Waals surface area contributed by atoms with E-state index in [-0.39, 0.29) is 11.8 Å². The summed E-state index contributed by atoms with van der Waals surface area (Å²) in [6, 6.07) is 21.2. The van der Waals surface area contributed by atoms with Gasteiger partial charge >= 0.3 is 0 Å². The fourth-order valence-electron chi connectivity index (χ4n) is 3.56. The average Bonchev–Trinajstić information content (AvgIpc) is 2.61. The smallest absolute Gasteiger partial charge is 0.223 e. The SMILES string of the molecule is CC1CCCCN1C(=O)CC(c1ccccc1)c1ccccc1. The van der Waals surface area contributed by atoms with Crippen LogP contribution in [0.2, 0.25) is 0 Å². The van der Waals surface area contributed by atoms with E-state index in [2.05, 4.69) is 60.4 Å². The van der Waals surface area contributed by atoms with Gasteiger partial charge in [-0.05, 0) is 37.3 Å². The molecule has 0 aliphatic carbocycles. The van der Waals surface area contributed by atoms with Gasteiger partial charge in [0.05, 0.1) is 0 Å². The largest absolute Gasteiger partial charge is 0.340 e. The Kier molecular flexibility index (Phi) is 5.12. The van der Waals surface area contributed by atoms with Crippen LogP contribution in [0.15, 0.2) is 60.7 Å². The van der Waals surface area contributed by atoms with Crippen molar-refractivity contribution < 1.29 is 4.79 Å². The molecular formula is C21H25NO. The van der Waals surface area contributed by atoms with E-state index in [1.807, 2.05) is 12.1 Å². The minimum Gasteiger partial charge on any atom is -0.340 e. The number of hydrogen-bond acceptors (Lipinski definition) is 1. The first kappa shape index (κ1) is 15.8. The van der Waals surface area contributed by atoms with E-state index in [9.17, 15) is 4.79 Å². The van der Waals surface area contributed by atoms with Crippen LogP contribution in [0.25, 0.3) is 0 Å². The number of nitrogens with zero attached hydrogens (tertiary/aromatic N) is 1. The Hall–Kier alpha value is -2.09. The second-order valence-electron chi connectivity index (χ2n) is 6.51. The van der Waals surface area contributed by atoms with Gasteiger partial charge in [0.2, 0.25) is 5.91 Å². The van der Waals surface area contributed by atoms with Crippen LogP contribution in [0.3, 0.4) is 0 Å². The monoisotopic (exact) mass is 307 g/mol. The molecule has 2 heteroatoms. The molecule has 0 saturated carbocycles. The third kappa shape index (κ3) is 3.82. The molecule has 23 heavy (non-hydrogen) atoms. The lowest BCUT2D eigenvalue weighted by atomic mass is 9.87. The fourth-order valence-corrected chi connectivity index (χ4v) is 3.56. The molecule has 1 fully saturated rings. The molecule has 0 spiro atoms. The maximum Gasteiger partial charge on any atom is 0.223 e. The number of carbonyl (C=O) groups is 1. The molecule has 1 amide bonds. The van der Waals surface area contributed by atoms with Crippen molar-refractivity contribution in [1.82, 2.24) is 4.90 Å². The van der Waals surface area contributed by atoms with Gasteiger partial charge in [-0.25, -0.2) is 0 Å². The van der Waals surface area contributed by atoms with E-state index >= 15 is 0 Å². The van der Waals surface area contributed by atoms with Crippen molar-refractivity contribution in [3.63, 3.8) is 0 Å². The number of benzene rings is 2. The van der Waals surface area contributed by atoms with E-state index in [0.717, 1.165) is 19.4 Å². The second-order valence-corrected chi connectivity index (χ2v) is 6.51. The summed E-state index contributed by atoms with van der Waals surface area (Å²) < 4.78 is 0. The highest BCUT2D eigenvalue weighted by atomic mass is 16.2. The van der Waals surface area contributed by atoms with Gasteiger partial charge in [0.1, 0.15) is 0 Å². The molecule has 2 nitrogen and oxygen atoms in total. The van der Waals surface area contributed by atoms with Crippen molar-refractivity contribution in [2.75, 3.05) is 6.54 Å². The third-order valence-electron chi connectivity index (χ3n) is 4.91. The summed E-state index contributed by atoms with van der Waals surface area (Å²) >= 11 is 0. The zero-order valence-corrected chi connectivity index (χ0v) is 13.8. The van der Waals surface area contributed by atoms with Crippen LogP contribution in [0.5, 0.6) is 0 Å². The van der Waals surface area contributed by atoms with E-state index in [1.165, 1.54) is 17.5 Å². The van der Waals surface area contributed by atoms with Gasteiger partial charge in [0.15, 0.2) is 0 Å². The first-order chi connectivity index (χ1) is 11.3. The molecule has 1 atom stereocenters. The van der Waals surface area contributed by atoms with Gasteiger partial charge < -0.3 is 4.90 Å². The molecule has 120 valence electrons. The fraction of sp³-hybridized carbons (Fsp3) is 0.381. The van der Waals surface area contributed by atoms with Crippen LogP contribution in [-0.4, -0.2) is 23.4 Å². The molecule has 2 aromatic carbocycles. The zero-order chi connectivity index (χ0) is 16.1. The second kappa shape index (κ2) is 7.45. The molecule has 0 aromatic heterocycles. The standard InChI is InChI=1S/C21H25NO/c1-17-10-8-9-15-22(17)21(23)16-20(18-11-4-2-5-12-18)19-13-6-3-7-14-19/h2-7,11-14,17,20H,8-10,15-16H2,1H3. The van der Waals surface area contributed by atoms with Crippen molar-refractivity contribution in [2.24, 2.45) is 0 Å². The summed E-state index contributed by atoms with van der Waals surface area (Å²) in [5.74, 6) is 0.425. The molecule has 0 radical (unpaired) electrons. The number of piperidine rings is 1. The molecule has 1 aliphatic heterocycles. The Balaban J connectivity index is 1.83. The normalized spacial score (nSPS) is 18.2. The molecular weight excluding hydrogens is 282 g/mol. The molecule has 1 aliphatic rings. The molecule has 1 heterocycles. The lowest BCUT2D eigenvalue weighted by molar-refractivity contribution is -0.134. The quantitative estimate of drug-likeness (QED) is 0.807. The van der Waals surface area contributed by atoms with Crippen molar-refractivity contribution in [1.29, 1.82) is 0 Å². The number of carbonyl (C=O) groups excluding carboxylic acids is 1. The predicted molar refractivity (Wildman–Crippen MR) is 94.4 cm³/mol. The topological polar surface area (TPSA) is 20.3 Å². The molecule has 0 bridgehead atoms. The summed E-state index contributed by atoms with van der Waals surface area (Å²) in [7, 11) is 0. The van der Waals surface area contributed by atoms with E-state index in [4.69, 9.17) is 0 Å². The highest BCUT2D eigenvalue weighted by molar-refractivity contribution is 5.78. The molecule has 2 aromatic rings. The van der Waals surface area contributed by atoms with Crippen LogP contribution in [0.4, 0.5) is 0 Å². The number of hydrogen-bond donors (Lipinski definition) is 0. The van der Waals surface area contributed by atoms with Crippen LogP contribution in [-0.2, 0) is 4.79 Å². The highest BCUT2D eigenvalue weighted by Gasteiger charge is 2.26. The van der Waals surface area contributed by atoms with Gasteiger partial charge in [-0.2, -0.15) is 0 Å². The Morgan fingerprint density at radius 2 is 1.57 bits per heavy atom. The molecule has 0 N–H and O–H groups in total. The highest BCUT2D eigenvalue weighted by Crippen LogP contribution is 2.29. The van der Waals surface area contributed by atoms with Crippen molar-refractivity contribution in [3.8, 4) is 0 Å². The van der Waals surface area contributed by atoms with E-state index in [0.29, 0.717) is 12.5 Å². The Labute approximate surface area is 139 Å². The van der Waals surface area contributed by atoms with E-state index in [1.54, 1.807) is 0 Å². The lowest BCUT2D eigenvalue weighted by Crippen LogP contribution is -2.42. The summed E-state index contributed by atoms with van der Waals surface area (Å²) in [5, 5.41) is 0. The van der Waals surface area contributed by atoms with Crippen LogP contribution >= 0.6 is 0 Å². The Bertz CT molecular complexity index is 583. The lowest BCUT2D eigenvalue weighted by Gasteiger charge is -2.34. The van der Waals surface area contributed by atoms with Crippen molar-refractivity contribution in [3.05, 3.63) is 71.8 Å². The maximum absolute atomic E-state index is 12.9. The maximum atomic E-state index is 12.9. The van der Waals surface area contributed by atoms with Gasteiger partial charge in [0.25, 0.3) is 0 Å². The van der Waals surface area contributed by atoms with Crippen LogP contribution < -0.4 is 0 Å². The van der Waals surface area contributed by atoms with Crippen LogP contribution in [0, 0.1) is 0 Å². The third-order valence-corrected chi connectivity index (χ3v) is 4.91. The average molecular weight is 307 g/mol. The number of rotatable bonds is 4. The van der Waals surface area contributed by atoms with Gasteiger partial charge in [0, 0.05) is 24.9 Å². The molecule has 3 rings (SSSR count). The first-order valence-corrected chi connectivity index (χ1v) is 8.65.